The highest BCUT2D eigenvalue weighted by atomic mass is 127. The van der Waals surface area contributed by atoms with Gasteiger partial charge in [-0.05, 0) is 59.7 Å². The number of hydrogen-bond donors (Lipinski definition) is 0. The van der Waals surface area contributed by atoms with Gasteiger partial charge in [0.25, 0.3) is 0 Å². The molecule has 0 saturated heterocycles. The Balaban J connectivity index is 1.95. The fraction of sp³-hybridized carbons (Fsp3) is 0.600. The van der Waals surface area contributed by atoms with E-state index in [1.165, 1.54) is 42.1 Å². The van der Waals surface area contributed by atoms with Crippen LogP contribution in [0.5, 0.6) is 5.75 Å². The number of rotatable bonds is 4. The van der Waals surface area contributed by atoms with E-state index < -0.39 is 0 Å². The van der Waals surface area contributed by atoms with E-state index in [1.807, 2.05) is 0 Å². The zero-order valence-corrected chi connectivity index (χ0v) is 14.4. The lowest BCUT2D eigenvalue weighted by Crippen LogP contribution is -2.29. The average Bonchev–Trinajstić information content (AvgIpc) is 2.64. The Kier molecular flexibility index (Phi) is 5.80. The van der Waals surface area contributed by atoms with Crippen molar-refractivity contribution < 1.29 is 4.74 Å². The molecule has 1 aromatic rings. The number of halogens is 2. The molecule has 1 nitrogen and oxygen atoms in total. The molecule has 0 amide bonds. The van der Waals surface area contributed by atoms with Crippen molar-refractivity contribution in [1.29, 1.82) is 0 Å². The summed E-state index contributed by atoms with van der Waals surface area (Å²) in [7, 11) is 0. The van der Waals surface area contributed by atoms with Gasteiger partial charge < -0.3 is 4.74 Å². The van der Waals surface area contributed by atoms with E-state index in [2.05, 4.69) is 62.8 Å². The minimum absolute atomic E-state index is 0.347. The molecular formula is C15H20BrIO. The normalized spacial score (nSPS) is 19.2. The van der Waals surface area contributed by atoms with Crippen LogP contribution in [0.15, 0.2) is 24.3 Å². The Morgan fingerprint density at radius 2 is 1.67 bits per heavy atom. The Morgan fingerprint density at radius 3 is 2.22 bits per heavy atom. The standard InChI is InChI=1S/C15H20BrIO/c16-11-15(9-3-1-2-4-10-15)12-18-14-7-5-13(17)6-8-14/h5-8H,1-4,9-12H2. The first-order valence-corrected chi connectivity index (χ1v) is 8.88. The third-order valence-corrected chi connectivity index (χ3v) is 5.72. The summed E-state index contributed by atoms with van der Waals surface area (Å²) in [5, 5.41) is 1.06. The lowest BCUT2D eigenvalue weighted by Gasteiger charge is -2.30. The number of alkyl halides is 1. The Labute approximate surface area is 132 Å². The van der Waals surface area contributed by atoms with Crippen LogP contribution in [-0.2, 0) is 0 Å². The highest BCUT2D eigenvalue weighted by molar-refractivity contribution is 14.1. The van der Waals surface area contributed by atoms with Crippen molar-refractivity contribution in [2.45, 2.75) is 38.5 Å². The van der Waals surface area contributed by atoms with Gasteiger partial charge in [0.2, 0.25) is 0 Å². The van der Waals surface area contributed by atoms with Gasteiger partial charge in [-0.2, -0.15) is 0 Å². The highest BCUT2D eigenvalue weighted by Gasteiger charge is 2.30. The molecule has 1 aliphatic rings. The molecule has 18 heavy (non-hydrogen) atoms. The van der Waals surface area contributed by atoms with Crippen LogP contribution >= 0.6 is 38.5 Å². The van der Waals surface area contributed by atoms with Gasteiger partial charge in [0.1, 0.15) is 5.75 Å². The minimum atomic E-state index is 0.347. The lowest BCUT2D eigenvalue weighted by atomic mass is 9.83. The van der Waals surface area contributed by atoms with E-state index in [0.717, 1.165) is 17.7 Å². The minimum Gasteiger partial charge on any atom is -0.493 e. The van der Waals surface area contributed by atoms with Crippen LogP contribution in [0.2, 0.25) is 0 Å². The van der Waals surface area contributed by atoms with E-state index in [9.17, 15) is 0 Å². The van der Waals surface area contributed by atoms with Crippen LogP contribution < -0.4 is 4.74 Å². The predicted octanol–water partition coefficient (Wildman–Crippen LogP) is 5.41. The Bertz CT molecular complexity index is 355. The molecule has 0 aliphatic heterocycles. The van der Waals surface area contributed by atoms with E-state index in [1.54, 1.807) is 0 Å². The number of benzene rings is 1. The van der Waals surface area contributed by atoms with Crippen molar-refractivity contribution in [1.82, 2.24) is 0 Å². The van der Waals surface area contributed by atoms with E-state index >= 15 is 0 Å². The van der Waals surface area contributed by atoms with Crippen LogP contribution in [0, 0.1) is 8.99 Å². The topological polar surface area (TPSA) is 9.23 Å². The smallest absolute Gasteiger partial charge is 0.119 e. The molecule has 0 unspecified atom stereocenters. The Morgan fingerprint density at radius 1 is 1.06 bits per heavy atom. The first kappa shape index (κ1) is 14.6. The van der Waals surface area contributed by atoms with Crippen molar-refractivity contribution >= 4 is 38.5 Å². The third kappa shape index (κ3) is 4.12. The summed E-state index contributed by atoms with van der Waals surface area (Å²) in [6.07, 6.45) is 8.06. The van der Waals surface area contributed by atoms with Gasteiger partial charge in [0.05, 0.1) is 6.61 Å². The molecule has 0 heterocycles. The average molecular weight is 423 g/mol. The summed E-state index contributed by atoms with van der Waals surface area (Å²) >= 11 is 6.03. The van der Waals surface area contributed by atoms with Gasteiger partial charge in [-0.1, -0.05) is 41.6 Å². The molecule has 2 rings (SSSR count). The quantitative estimate of drug-likeness (QED) is 0.358. The molecule has 1 aliphatic carbocycles. The summed E-state index contributed by atoms with van der Waals surface area (Å²) in [6.45, 7) is 0.846. The maximum absolute atomic E-state index is 6.02. The van der Waals surface area contributed by atoms with Crippen LogP contribution in [0.4, 0.5) is 0 Å². The van der Waals surface area contributed by atoms with Crippen molar-refractivity contribution in [3.8, 4) is 5.75 Å². The number of ether oxygens (including phenoxy) is 1. The van der Waals surface area contributed by atoms with Gasteiger partial charge in [0, 0.05) is 14.3 Å². The Hall–Kier alpha value is 0.230. The summed E-state index contributed by atoms with van der Waals surface area (Å²) in [5.41, 5.74) is 0.347. The second-order valence-electron chi connectivity index (χ2n) is 5.29. The van der Waals surface area contributed by atoms with Crippen LogP contribution in [0.3, 0.4) is 0 Å². The van der Waals surface area contributed by atoms with Crippen molar-refractivity contribution in [2.24, 2.45) is 5.41 Å². The number of hydrogen-bond acceptors (Lipinski definition) is 1. The summed E-state index contributed by atoms with van der Waals surface area (Å²) < 4.78 is 7.27. The fourth-order valence-electron chi connectivity index (χ4n) is 2.56. The zero-order valence-electron chi connectivity index (χ0n) is 10.6. The fourth-order valence-corrected chi connectivity index (χ4v) is 3.64. The molecule has 1 fully saturated rings. The first-order valence-electron chi connectivity index (χ1n) is 6.68. The van der Waals surface area contributed by atoms with Crippen LogP contribution in [0.25, 0.3) is 0 Å². The second kappa shape index (κ2) is 7.13. The zero-order chi connectivity index (χ0) is 12.8. The van der Waals surface area contributed by atoms with E-state index in [0.29, 0.717) is 5.41 Å². The highest BCUT2D eigenvalue weighted by Crippen LogP contribution is 2.37. The monoisotopic (exact) mass is 422 g/mol. The van der Waals surface area contributed by atoms with Crippen molar-refractivity contribution in [2.75, 3.05) is 11.9 Å². The molecule has 1 aromatic carbocycles. The van der Waals surface area contributed by atoms with Gasteiger partial charge >= 0.3 is 0 Å². The van der Waals surface area contributed by atoms with Crippen molar-refractivity contribution in [3.63, 3.8) is 0 Å². The van der Waals surface area contributed by atoms with Gasteiger partial charge in [0.15, 0.2) is 0 Å². The van der Waals surface area contributed by atoms with E-state index in [4.69, 9.17) is 4.74 Å². The molecular weight excluding hydrogens is 403 g/mol. The lowest BCUT2D eigenvalue weighted by molar-refractivity contribution is 0.149. The molecule has 0 radical (unpaired) electrons. The molecule has 0 spiro atoms. The second-order valence-corrected chi connectivity index (χ2v) is 7.10. The molecule has 0 atom stereocenters. The first-order chi connectivity index (χ1) is 8.74. The maximum atomic E-state index is 6.02. The summed E-state index contributed by atoms with van der Waals surface area (Å²) in [5.74, 6) is 1.000. The molecule has 100 valence electrons. The summed E-state index contributed by atoms with van der Waals surface area (Å²) in [6, 6.07) is 8.34. The summed E-state index contributed by atoms with van der Waals surface area (Å²) in [4.78, 5) is 0. The molecule has 1 saturated carbocycles. The third-order valence-electron chi connectivity index (χ3n) is 3.81. The van der Waals surface area contributed by atoms with Gasteiger partial charge in [-0.15, -0.1) is 0 Å². The largest absolute Gasteiger partial charge is 0.493 e. The molecule has 0 N–H and O–H groups in total. The molecule has 3 heteroatoms. The van der Waals surface area contributed by atoms with Crippen molar-refractivity contribution in [3.05, 3.63) is 27.8 Å². The maximum Gasteiger partial charge on any atom is 0.119 e. The molecule has 0 aromatic heterocycles. The SMILES string of the molecule is BrCC1(COc2ccc(I)cc2)CCCCCC1. The predicted molar refractivity (Wildman–Crippen MR) is 88.6 cm³/mol. The van der Waals surface area contributed by atoms with Crippen LogP contribution in [0.1, 0.15) is 38.5 Å². The van der Waals surface area contributed by atoms with Gasteiger partial charge in [-0.25, -0.2) is 0 Å². The van der Waals surface area contributed by atoms with Crippen LogP contribution in [-0.4, -0.2) is 11.9 Å². The molecule has 0 bridgehead atoms. The van der Waals surface area contributed by atoms with E-state index in [-0.39, 0.29) is 0 Å². The van der Waals surface area contributed by atoms with Gasteiger partial charge in [-0.3, -0.25) is 0 Å².